The maximum Gasteiger partial charge on any atom is 0.245 e. The number of carbonyl (C=O) groups is 10. The van der Waals surface area contributed by atoms with Gasteiger partial charge in [0.05, 0.1) is 12.9 Å². The fraction of sp³-hybridized carbons (Fsp3) is 0.431. The van der Waals surface area contributed by atoms with Crippen LogP contribution in [-0.4, -0.2) is 186 Å². The van der Waals surface area contributed by atoms with Crippen LogP contribution in [0, 0.1) is 5.92 Å². The summed E-state index contributed by atoms with van der Waals surface area (Å²) in [5.41, 5.74) is 14.2. The molecule has 95 heavy (non-hydrogen) atoms. The number of H-pyrrole nitrogens is 2. The van der Waals surface area contributed by atoms with Gasteiger partial charge in [0.1, 0.15) is 66.0 Å². The van der Waals surface area contributed by atoms with Gasteiger partial charge >= 0.3 is 0 Å². The number of benzene rings is 3. The second-order valence-corrected chi connectivity index (χ2v) is 24.0. The van der Waals surface area contributed by atoms with Crippen molar-refractivity contribution in [2.24, 2.45) is 22.4 Å². The lowest BCUT2D eigenvalue weighted by atomic mass is 10.0. The topological polar surface area (TPSA) is 449 Å². The quantitative estimate of drug-likeness (QED) is 0.0128. The Morgan fingerprint density at radius 3 is 1.96 bits per heavy atom. The molecule has 506 valence electrons. The van der Waals surface area contributed by atoms with E-state index in [0.717, 1.165) is 5.56 Å². The lowest BCUT2D eigenvalue weighted by Gasteiger charge is -2.30. The average Bonchev–Trinajstić information content (AvgIpc) is 1.82. The summed E-state index contributed by atoms with van der Waals surface area (Å²) < 4.78 is 1.77. The summed E-state index contributed by atoms with van der Waals surface area (Å²) in [4.78, 5) is 162. The van der Waals surface area contributed by atoms with Crippen LogP contribution in [-0.2, 0) is 80.2 Å². The van der Waals surface area contributed by atoms with Crippen LogP contribution >= 0.6 is 0 Å². The van der Waals surface area contributed by atoms with Crippen molar-refractivity contribution in [2.45, 2.75) is 145 Å². The van der Waals surface area contributed by atoms with Crippen LogP contribution in [0.5, 0.6) is 5.75 Å². The lowest BCUT2D eigenvalue weighted by Crippen LogP contribution is -2.61. The number of phenols is 1. The van der Waals surface area contributed by atoms with E-state index >= 15 is 9.59 Å². The summed E-state index contributed by atoms with van der Waals surface area (Å²) in [5.74, 6) is -7.46. The molecular weight excluding hydrogens is 1220 g/mol. The molecule has 2 aliphatic rings. The second-order valence-electron chi connectivity index (χ2n) is 24.0. The molecule has 8 rings (SSSR count). The predicted octanol–water partition coefficient (Wildman–Crippen LogP) is -1.39. The van der Waals surface area contributed by atoms with Gasteiger partial charge in [-0.2, -0.15) is 0 Å². The first-order valence-corrected chi connectivity index (χ1v) is 31.6. The molecule has 2 saturated heterocycles. The zero-order chi connectivity index (χ0) is 68.1. The van der Waals surface area contributed by atoms with Crippen molar-refractivity contribution >= 4 is 75.9 Å². The van der Waals surface area contributed by atoms with Crippen LogP contribution in [0.25, 0.3) is 10.9 Å². The highest BCUT2D eigenvalue weighted by molar-refractivity contribution is 5.99. The largest absolute Gasteiger partial charge is 0.508 e. The van der Waals surface area contributed by atoms with Crippen molar-refractivity contribution in [3.05, 3.63) is 138 Å². The molecule has 30 heteroatoms. The lowest BCUT2D eigenvalue weighted by molar-refractivity contribution is -0.142. The number of nitrogens with two attached hydrogens (primary N) is 2. The summed E-state index contributed by atoms with van der Waals surface area (Å²) in [5, 5.41) is 46.1. The van der Waals surface area contributed by atoms with Gasteiger partial charge in [-0.1, -0.05) is 74.5 Å². The maximum atomic E-state index is 15.2. The van der Waals surface area contributed by atoms with E-state index in [1.54, 1.807) is 35.2 Å². The standard InChI is InChI=1S/C65H84N18O12/c1-37(2)27-47(57(88)75-46(15-9-23-71-65(66)67)64(95)83-25-10-16-53(83)63(94)68-3)76-61(92)51(31-54-70-24-26-82(54)34-39-11-5-4-6-12-39)80-58(89)48(28-38-17-19-42(85)20-18-38)77-62(93)52(35-84)81-59(90)49(29-40-32-72-44-14-8-7-13-43(40)44)78-60(91)50(30-41-33-69-36-73-41)79-56(87)45-21-22-55(86)74-45/h4-8,11-14,17-20,24,26,32-33,36-37,45-53,72,84-85H,9-10,15-16,21-23,25,27-31,34-35H2,1-3H3,(H,68,94)(H,69,73)(H,74,86)(H,75,88)(H,76,92)(H,77,93)(H,78,91)(H,79,87)(H,80,89)(H,81,90)(H4,66,67,71)/t45?,46-,47?,48-,49-,50?,51?,52?,53-/m0/s1. The number of hydrogen-bond acceptors (Lipinski definition) is 15. The molecule has 0 aliphatic carbocycles. The number of imidazole rings is 2. The number of fused-ring (bicyclic) bond motifs is 1. The predicted molar refractivity (Wildman–Crippen MR) is 348 cm³/mol. The molecule has 0 spiro atoms. The van der Waals surface area contributed by atoms with Crippen LogP contribution in [0.4, 0.5) is 0 Å². The summed E-state index contributed by atoms with van der Waals surface area (Å²) in [7, 11) is 1.47. The number of para-hydroxylation sites is 1. The molecule has 17 N–H and O–H groups in total. The van der Waals surface area contributed by atoms with E-state index in [1.165, 1.54) is 54.9 Å². The molecule has 5 heterocycles. The summed E-state index contributed by atoms with van der Waals surface area (Å²) in [6, 6.07) is 10.3. The van der Waals surface area contributed by atoms with E-state index in [4.69, 9.17) is 11.5 Å². The number of carbonyl (C=O) groups excluding carboxylic acids is 10. The van der Waals surface area contributed by atoms with Crippen LogP contribution < -0.4 is 59.3 Å². The van der Waals surface area contributed by atoms with Crippen molar-refractivity contribution in [3.63, 3.8) is 0 Å². The van der Waals surface area contributed by atoms with E-state index in [-0.39, 0.29) is 100 Å². The number of nitrogens with one attached hydrogen (secondary N) is 11. The van der Waals surface area contributed by atoms with Gasteiger partial charge in [-0.25, -0.2) is 9.97 Å². The number of aliphatic hydroxyl groups is 1. The number of nitrogens with zero attached hydrogens (tertiary/aromatic N) is 5. The minimum Gasteiger partial charge on any atom is -0.508 e. The summed E-state index contributed by atoms with van der Waals surface area (Å²) in [6.45, 7) is 3.29. The number of aliphatic imine (C=N–C) groups is 1. The minimum absolute atomic E-state index is 0.0458. The zero-order valence-electron chi connectivity index (χ0n) is 53.1. The van der Waals surface area contributed by atoms with Crippen molar-refractivity contribution in [1.29, 1.82) is 0 Å². The molecule has 30 nitrogen and oxygen atoms in total. The number of aromatic nitrogens is 5. The fourth-order valence-electron chi connectivity index (χ4n) is 11.5. The highest BCUT2D eigenvalue weighted by Crippen LogP contribution is 2.23. The zero-order valence-corrected chi connectivity index (χ0v) is 53.1. The highest BCUT2D eigenvalue weighted by atomic mass is 16.3. The highest BCUT2D eigenvalue weighted by Gasteiger charge is 2.40. The van der Waals surface area contributed by atoms with E-state index in [2.05, 4.69) is 72.8 Å². The SMILES string of the molecule is CNC(=O)[C@@H]1CCCN1C(=O)[C@H](CCCN=C(N)N)NC(=O)C(CC(C)C)NC(=O)C(Cc1nccn1Cc1ccccc1)NC(=O)[C@H](Cc1ccc(O)cc1)NC(=O)C(CO)NC(=O)[C@H](Cc1c[nH]c2ccccc12)NC(=O)C(Cc1cnc[nH]1)NC(=O)C1CCC(=O)N1. The number of phenolic OH excluding ortho intramolecular Hbond substituents is 1. The van der Waals surface area contributed by atoms with Gasteiger partial charge in [0, 0.05) is 100 Å². The van der Waals surface area contributed by atoms with Gasteiger partial charge in [-0.05, 0) is 79.3 Å². The third-order valence-corrected chi connectivity index (χ3v) is 16.5. The van der Waals surface area contributed by atoms with Crippen LogP contribution in [0.2, 0.25) is 0 Å². The maximum absolute atomic E-state index is 15.2. The average molecular weight is 1310 g/mol. The molecule has 2 fully saturated rings. The first-order valence-electron chi connectivity index (χ1n) is 31.6. The Balaban J connectivity index is 1.07. The Kier molecular flexibility index (Phi) is 25.0. The Morgan fingerprint density at radius 2 is 1.32 bits per heavy atom. The van der Waals surface area contributed by atoms with Gasteiger partial charge in [0.15, 0.2) is 5.96 Å². The first-order chi connectivity index (χ1) is 45.7. The normalized spacial score (nSPS) is 16.6. The number of aromatic amines is 2. The number of guanidine groups is 1. The molecular formula is C65H84N18O12. The smallest absolute Gasteiger partial charge is 0.245 e. The second kappa shape index (κ2) is 33.8. The molecule has 10 amide bonds. The Morgan fingerprint density at radius 1 is 0.695 bits per heavy atom. The number of rotatable bonds is 33. The molecule has 5 unspecified atom stereocenters. The van der Waals surface area contributed by atoms with Crippen molar-refractivity contribution < 1.29 is 58.2 Å². The summed E-state index contributed by atoms with van der Waals surface area (Å²) >= 11 is 0. The molecule has 9 atom stereocenters. The number of likely N-dealkylation sites (tertiary alicyclic amines) is 1. The van der Waals surface area contributed by atoms with E-state index in [9.17, 15) is 48.6 Å². The van der Waals surface area contributed by atoms with Crippen LogP contribution in [0.1, 0.15) is 87.0 Å². The number of hydrogen-bond donors (Lipinski definition) is 15. The van der Waals surface area contributed by atoms with Gasteiger partial charge in [0.2, 0.25) is 59.1 Å². The monoisotopic (exact) mass is 1310 g/mol. The Bertz CT molecular complexity index is 3660. The van der Waals surface area contributed by atoms with Crippen LogP contribution in [0.15, 0.2) is 115 Å². The van der Waals surface area contributed by atoms with Gasteiger partial charge in [-0.3, -0.25) is 52.9 Å². The van der Waals surface area contributed by atoms with Crippen molar-refractivity contribution in [1.82, 2.24) is 77.3 Å². The number of amides is 10. The van der Waals surface area contributed by atoms with E-state index < -0.39 is 108 Å². The van der Waals surface area contributed by atoms with E-state index in [0.29, 0.717) is 52.9 Å². The molecule has 6 aromatic rings. The van der Waals surface area contributed by atoms with Gasteiger partial charge in [-0.15, -0.1) is 0 Å². The third-order valence-electron chi connectivity index (χ3n) is 16.5. The van der Waals surface area contributed by atoms with Gasteiger partial charge in [0.25, 0.3) is 0 Å². The minimum atomic E-state index is -1.80. The molecule has 3 aromatic heterocycles. The summed E-state index contributed by atoms with van der Waals surface area (Å²) in [6.07, 6.45) is 8.41. The molecule has 0 bridgehead atoms. The third kappa shape index (κ3) is 19.9. The molecule has 2 aliphatic heterocycles. The van der Waals surface area contributed by atoms with Crippen molar-refractivity contribution in [3.8, 4) is 5.75 Å². The molecule has 3 aromatic carbocycles. The van der Waals surface area contributed by atoms with Crippen molar-refractivity contribution in [2.75, 3.05) is 26.7 Å². The Hall–Kier alpha value is -10.7. The number of aromatic hydroxyl groups is 1. The molecule has 0 saturated carbocycles. The number of aliphatic hydroxyl groups excluding tert-OH is 1. The molecule has 0 radical (unpaired) electrons. The fourth-order valence-corrected chi connectivity index (χ4v) is 11.5. The van der Waals surface area contributed by atoms with E-state index in [1.807, 2.05) is 50.2 Å². The van der Waals surface area contributed by atoms with Gasteiger partial charge < -0.3 is 89.0 Å². The van der Waals surface area contributed by atoms with Crippen LogP contribution in [0.3, 0.4) is 0 Å². The Labute approximate surface area is 547 Å². The first kappa shape index (κ1) is 70.2. The number of likely N-dealkylation sites (N-methyl/N-ethyl adjacent to an activating group) is 1.